The van der Waals surface area contributed by atoms with E-state index in [1.807, 2.05) is 117 Å². The predicted molar refractivity (Wildman–Crippen MR) is 141 cm³/mol. The number of fused-ring (bicyclic) bond motifs is 1. The first-order valence-electron chi connectivity index (χ1n) is 12.3. The number of ketones is 1. The first-order valence-corrected chi connectivity index (χ1v) is 12.3. The molecule has 4 heteroatoms. The van der Waals surface area contributed by atoms with Crippen LogP contribution in [0.25, 0.3) is 0 Å². The van der Waals surface area contributed by atoms with E-state index in [0.29, 0.717) is 11.3 Å². The van der Waals surface area contributed by atoms with Crippen LogP contribution in [0.5, 0.6) is 0 Å². The average Bonchev–Trinajstić information content (AvgIpc) is 3.14. The molecular weight excluding hydrogens is 446 g/mol. The van der Waals surface area contributed by atoms with Gasteiger partial charge in [-0.05, 0) is 28.7 Å². The number of amides is 1. The van der Waals surface area contributed by atoms with Crippen molar-refractivity contribution in [3.63, 3.8) is 0 Å². The van der Waals surface area contributed by atoms with E-state index in [1.54, 1.807) is 17.0 Å². The van der Waals surface area contributed by atoms with Crippen LogP contribution in [0.2, 0.25) is 0 Å². The van der Waals surface area contributed by atoms with Gasteiger partial charge in [0.1, 0.15) is 5.54 Å². The summed E-state index contributed by atoms with van der Waals surface area (Å²) in [5, 5.41) is 12.0. The molecule has 0 fully saturated rings. The molecule has 1 amide bonds. The molecule has 4 nitrogen and oxygen atoms in total. The van der Waals surface area contributed by atoms with Crippen molar-refractivity contribution in [1.82, 2.24) is 0 Å². The summed E-state index contributed by atoms with van der Waals surface area (Å²) < 4.78 is 0. The second kappa shape index (κ2) is 9.21. The van der Waals surface area contributed by atoms with Crippen molar-refractivity contribution in [2.24, 2.45) is 5.92 Å². The first-order chi connectivity index (χ1) is 17.4. The van der Waals surface area contributed by atoms with Crippen molar-refractivity contribution >= 4 is 17.4 Å². The Kier molecular flexibility index (Phi) is 6.07. The monoisotopic (exact) mass is 475 g/mol. The third-order valence-electron chi connectivity index (χ3n) is 6.95. The number of nitrogens with zero attached hydrogens (tertiary/aromatic N) is 1. The van der Waals surface area contributed by atoms with Crippen LogP contribution in [0.1, 0.15) is 42.5 Å². The van der Waals surface area contributed by atoms with E-state index < -0.39 is 22.8 Å². The maximum absolute atomic E-state index is 14.5. The highest BCUT2D eigenvalue weighted by molar-refractivity contribution is 6.21. The van der Waals surface area contributed by atoms with Gasteiger partial charge in [0.15, 0.2) is 5.78 Å². The lowest BCUT2D eigenvalue weighted by atomic mass is 9.75. The molecule has 4 aromatic rings. The first kappa shape index (κ1) is 23.7. The van der Waals surface area contributed by atoms with Gasteiger partial charge in [-0.3, -0.25) is 14.5 Å². The second-order valence-corrected chi connectivity index (χ2v) is 9.70. The van der Waals surface area contributed by atoms with E-state index in [-0.39, 0.29) is 12.3 Å². The lowest BCUT2D eigenvalue weighted by molar-refractivity contribution is -0.151. The van der Waals surface area contributed by atoms with Crippen LogP contribution in [0.4, 0.5) is 5.69 Å². The normalized spacial score (nSPS) is 17.3. The van der Waals surface area contributed by atoms with Crippen LogP contribution in [-0.2, 0) is 20.7 Å². The third kappa shape index (κ3) is 3.49. The minimum Gasteiger partial charge on any atom is -0.369 e. The molecule has 1 aliphatic rings. The molecule has 0 spiro atoms. The maximum atomic E-state index is 14.5. The van der Waals surface area contributed by atoms with Gasteiger partial charge in [-0.2, -0.15) is 0 Å². The number of anilines is 1. The molecule has 1 heterocycles. The Balaban J connectivity index is 1.88. The number of benzene rings is 4. The minimum absolute atomic E-state index is 0.00216. The highest BCUT2D eigenvalue weighted by atomic mass is 16.3. The Labute approximate surface area is 211 Å². The summed E-state index contributed by atoms with van der Waals surface area (Å²) in [6.45, 7) is 3.82. The van der Waals surface area contributed by atoms with Crippen LogP contribution in [0, 0.1) is 5.92 Å². The number of rotatable bonds is 7. The number of carbonyl (C=O) groups excluding carboxylic acids is 2. The molecule has 0 radical (unpaired) electrons. The van der Waals surface area contributed by atoms with Crippen LogP contribution in [-0.4, -0.2) is 16.8 Å². The zero-order valence-corrected chi connectivity index (χ0v) is 20.5. The molecule has 0 saturated heterocycles. The number of Topliss-reactive ketones (excluding diaryl/α,β-unsaturated/α-hetero) is 1. The van der Waals surface area contributed by atoms with Crippen molar-refractivity contribution < 1.29 is 14.7 Å². The predicted octanol–water partition coefficient (Wildman–Crippen LogP) is 5.83. The van der Waals surface area contributed by atoms with Gasteiger partial charge in [-0.15, -0.1) is 0 Å². The molecule has 5 rings (SSSR count). The summed E-state index contributed by atoms with van der Waals surface area (Å²) in [6.07, 6.45) is 0.0967. The fraction of sp³-hybridized carbons (Fsp3) is 0.188. The van der Waals surface area contributed by atoms with Crippen molar-refractivity contribution in [3.05, 3.63) is 138 Å². The van der Waals surface area contributed by atoms with E-state index in [4.69, 9.17) is 0 Å². The van der Waals surface area contributed by atoms with Crippen LogP contribution in [0.3, 0.4) is 0 Å². The van der Waals surface area contributed by atoms with E-state index in [2.05, 4.69) is 0 Å². The molecule has 0 saturated carbocycles. The third-order valence-corrected chi connectivity index (χ3v) is 6.95. The Morgan fingerprint density at radius 1 is 0.750 bits per heavy atom. The number of hydrogen-bond donors (Lipinski definition) is 1. The number of para-hydroxylation sites is 1. The molecule has 0 aliphatic carbocycles. The van der Waals surface area contributed by atoms with Crippen molar-refractivity contribution in [2.45, 2.75) is 31.4 Å². The van der Waals surface area contributed by atoms with E-state index in [0.717, 1.165) is 16.7 Å². The van der Waals surface area contributed by atoms with Crippen LogP contribution in [0.15, 0.2) is 115 Å². The lowest BCUT2D eigenvalue weighted by Gasteiger charge is -2.44. The van der Waals surface area contributed by atoms with Gasteiger partial charge in [-0.25, -0.2) is 0 Å². The molecule has 1 atom stereocenters. The Bertz CT molecular complexity index is 1290. The SMILES string of the molecule is CC(C)CC(=O)[C@@]1(O)C(=O)N(C(c2ccccc2)(c2ccccc2)c2ccccc2)c2ccccc21. The largest absolute Gasteiger partial charge is 0.369 e. The van der Waals surface area contributed by atoms with Gasteiger partial charge < -0.3 is 5.11 Å². The van der Waals surface area contributed by atoms with E-state index >= 15 is 0 Å². The molecule has 1 N–H and O–H groups in total. The topological polar surface area (TPSA) is 57.6 Å². The summed E-state index contributed by atoms with van der Waals surface area (Å²) in [4.78, 5) is 29.7. The Morgan fingerprint density at radius 2 is 1.17 bits per heavy atom. The number of carbonyl (C=O) groups is 2. The van der Waals surface area contributed by atoms with Gasteiger partial charge in [-0.1, -0.05) is 123 Å². The van der Waals surface area contributed by atoms with Gasteiger partial charge in [0.05, 0.1) is 5.69 Å². The fourth-order valence-corrected chi connectivity index (χ4v) is 5.41. The maximum Gasteiger partial charge on any atom is 0.272 e. The van der Waals surface area contributed by atoms with Gasteiger partial charge in [0.25, 0.3) is 5.91 Å². The summed E-state index contributed by atoms with van der Waals surface area (Å²) >= 11 is 0. The van der Waals surface area contributed by atoms with Gasteiger partial charge >= 0.3 is 0 Å². The van der Waals surface area contributed by atoms with Crippen LogP contribution < -0.4 is 4.90 Å². The minimum atomic E-state index is -2.26. The molecule has 0 unspecified atom stereocenters. The zero-order chi connectivity index (χ0) is 25.3. The highest BCUT2D eigenvalue weighted by Crippen LogP contribution is 2.52. The van der Waals surface area contributed by atoms with Crippen LogP contribution >= 0.6 is 0 Å². The summed E-state index contributed by atoms with van der Waals surface area (Å²) in [6, 6.07) is 36.5. The molecule has 0 bridgehead atoms. The van der Waals surface area contributed by atoms with E-state index in [1.165, 1.54) is 0 Å². The zero-order valence-electron chi connectivity index (χ0n) is 20.5. The van der Waals surface area contributed by atoms with Gasteiger partial charge in [0.2, 0.25) is 5.60 Å². The number of aliphatic hydroxyl groups is 1. The molecule has 36 heavy (non-hydrogen) atoms. The van der Waals surface area contributed by atoms with Gasteiger partial charge in [0, 0.05) is 12.0 Å². The highest BCUT2D eigenvalue weighted by Gasteiger charge is 2.60. The quantitative estimate of drug-likeness (QED) is 0.270. The fourth-order valence-electron chi connectivity index (χ4n) is 5.41. The average molecular weight is 476 g/mol. The Morgan fingerprint density at radius 3 is 1.61 bits per heavy atom. The smallest absolute Gasteiger partial charge is 0.272 e. The summed E-state index contributed by atoms with van der Waals surface area (Å²) in [5.41, 5.74) is 0.0270. The summed E-state index contributed by atoms with van der Waals surface area (Å²) in [7, 11) is 0. The Hall–Kier alpha value is -4.02. The summed E-state index contributed by atoms with van der Waals surface area (Å²) in [5.74, 6) is -1.12. The standard InChI is InChI=1S/C32H29NO3/c1-23(2)22-29(34)32(36)27-20-12-13-21-28(27)33(30(32)35)31(24-14-6-3-7-15-24,25-16-8-4-9-17-25)26-18-10-5-11-19-26/h3-21,23,36H,22H2,1-2H3/t32-/m1/s1. The van der Waals surface area contributed by atoms with Crippen molar-refractivity contribution in [1.29, 1.82) is 0 Å². The molecule has 1 aliphatic heterocycles. The number of hydrogen-bond acceptors (Lipinski definition) is 3. The molecule has 180 valence electrons. The van der Waals surface area contributed by atoms with Crippen molar-refractivity contribution in [3.8, 4) is 0 Å². The van der Waals surface area contributed by atoms with E-state index in [9.17, 15) is 14.7 Å². The lowest BCUT2D eigenvalue weighted by Crippen LogP contribution is -2.55. The molecule has 0 aromatic heterocycles. The molecule has 4 aromatic carbocycles. The second-order valence-electron chi connectivity index (χ2n) is 9.70. The molecular formula is C32H29NO3. The van der Waals surface area contributed by atoms with Crippen molar-refractivity contribution in [2.75, 3.05) is 4.90 Å².